The van der Waals surface area contributed by atoms with Gasteiger partial charge in [0.25, 0.3) is 0 Å². The minimum Gasteiger partial charge on any atom is -0.211 e. The van der Waals surface area contributed by atoms with Gasteiger partial charge in [0.05, 0.1) is 12.1 Å². The molecule has 68 valence electrons. The Kier molecular flexibility index (Phi) is 2.09. The van der Waals surface area contributed by atoms with Crippen LogP contribution in [0.4, 0.5) is 0 Å². The molecular formula is C9H10N2O2. The standard InChI is InChI=1S/C9H10N2O2/c12-4-10-8-2-6-1-7(8)3-9(6)11-5-13/h6-9H,1-3H2/t6-,7-,8-,9+/m1/s1. The molecular weight excluding hydrogens is 168 g/mol. The van der Waals surface area contributed by atoms with Crippen molar-refractivity contribution in [2.75, 3.05) is 0 Å². The van der Waals surface area contributed by atoms with Crippen molar-refractivity contribution in [2.45, 2.75) is 31.3 Å². The van der Waals surface area contributed by atoms with E-state index in [2.05, 4.69) is 9.98 Å². The Labute approximate surface area is 75.8 Å². The number of carbonyl (C=O) groups excluding carboxylic acids is 2. The molecule has 2 saturated carbocycles. The predicted octanol–water partition coefficient (Wildman–Crippen LogP) is 0.825. The van der Waals surface area contributed by atoms with Gasteiger partial charge in [-0.2, -0.15) is 0 Å². The molecule has 0 radical (unpaired) electrons. The molecule has 4 nitrogen and oxygen atoms in total. The van der Waals surface area contributed by atoms with Crippen LogP contribution in [0.1, 0.15) is 19.3 Å². The van der Waals surface area contributed by atoms with Gasteiger partial charge in [-0.3, -0.25) is 0 Å². The van der Waals surface area contributed by atoms with Crippen LogP contribution in [0.25, 0.3) is 0 Å². The van der Waals surface area contributed by atoms with E-state index >= 15 is 0 Å². The van der Waals surface area contributed by atoms with E-state index in [1.54, 1.807) is 12.2 Å². The summed E-state index contributed by atoms with van der Waals surface area (Å²) in [5, 5.41) is 0. The molecule has 4 atom stereocenters. The first-order valence-electron chi connectivity index (χ1n) is 4.49. The number of nitrogens with zero attached hydrogens (tertiary/aromatic N) is 2. The van der Waals surface area contributed by atoms with Gasteiger partial charge in [-0.05, 0) is 31.1 Å². The Bertz CT molecular complexity index is 273. The molecule has 13 heavy (non-hydrogen) atoms. The highest BCUT2D eigenvalue weighted by molar-refractivity contribution is 5.35. The largest absolute Gasteiger partial charge is 0.235 e. The highest BCUT2D eigenvalue weighted by Crippen LogP contribution is 2.47. The Hall–Kier alpha value is -1.24. The van der Waals surface area contributed by atoms with Gasteiger partial charge in [0.15, 0.2) is 0 Å². The fourth-order valence-corrected chi connectivity index (χ4v) is 2.67. The summed E-state index contributed by atoms with van der Waals surface area (Å²) in [5.74, 6) is 0.877. The predicted molar refractivity (Wildman–Crippen MR) is 44.7 cm³/mol. The maximum atomic E-state index is 10.1. The van der Waals surface area contributed by atoms with Crippen molar-refractivity contribution in [3.63, 3.8) is 0 Å². The summed E-state index contributed by atoms with van der Waals surface area (Å²) in [6.07, 6.45) is 6.03. The van der Waals surface area contributed by atoms with E-state index in [1.807, 2.05) is 0 Å². The van der Waals surface area contributed by atoms with Crippen molar-refractivity contribution in [2.24, 2.45) is 21.8 Å². The third-order valence-corrected chi connectivity index (χ3v) is 3.22. The summed E-state index contributed by atoms with van der Waals surface area (Å²) in [7, 11) is 0. The molecule has 4 heteroatoms. The van der Waals surface area contributed by atoms with Gasteiger partial charge in [-0.1, -0.05) is 0 Å². The fraction of sp³-hybridized carbons (Fsp3) is 0.778. The maximum absolute atomic E-state index is 10.1. The second kappa shape index (κ2) is 3.25. The summed E-state index contributed by atoms with van der Waals surface area (Å²) in [5.41, 5.74) is 0. The van der Waals surface area contributed by atoms with Crippen LogP contribution in [0, 0.1) is 11.8 Å². The molecule has 0 N–H and O–H groups in total. The summed E-state index contributed by atoms with van der Waals surface area (Å²) >= 11 is 0. The number of fused-ring (bicyclic) bond motifs is 2. The molecule has 0 aliphatic heterocycles. The summed E-state index contributed by atoms with van der Waals surface area (Å²) in [6.45, 7) is 0. The number of hydrogen-bond donors (Lipinski definition) is 0. The van der Waals surface area contributed by atoms with Gasteiger partial charge in [-0.25, -0.2) is 19.6 Å². The van der Waals surface area contributed by atoms with Crippen LogP contribution in [0.3, 0.4) is 0 Å². The number of isocyanates is 2. The quantitative estimate of drug-likeness (QED) is 0.464. The molecule has 0 saturated heterocycles. The zero-order chi connectivity index (χ0) is 9.26. The topological polar surface area (TPSA) is 58.9 Å². The van der Waals surface area contributed by atoms with Crippen molar-refractivity contribution >= 4 is 12.2 Å². The lowest BCUT2D eigenvalue weighted by molar-refractivity contribution is 0.375. The smallest absolute Gasteiger partial charge is 0.211 e. The van der Waals surface area contributed by atoms with Crippen molar-refractivity contribution in [3.05, 3.63) is 0 Å². The van der Waals surface area contributed by atoms with Crippen LogP contribution in [-0.2, 0) is 9.59 Å². The lowest BCUT2D eigenvalue weighted by atomic mass is 9.92. The third kappa shape index (κ3) is 1.35. The highest BCUT2D eigenvalue weighted by Gasteiger charge is 2.46. The van der Waals surface area contributed by atoms with E-state index in [4.69, 9.17) is 0 Å². The van der Waals surface area contributed by atoms with Gasteiger partial charge in [0.2, 0.25) is 12.2 Å². The number of aliphatic imine (C=N–C) groups is 2. The van der Waals surface area contributed by atoms with E-state index in [-0.39, 0.29) is 12.1 Å². The minimum absolute atomic E-state index is 0.139. The summed E-state index contributed by atoms with van der Waals surface area (Å²) in [6, 6.07) is 0.279. The Morgan fingerprint density at radius 2 is 1.31 bits per heavy atom. The van der Waals surface area contributed by atoms with Crippen molar-refractivity contribution in [1.29, 1.82) is 0 Å². The second-order valence-electron chi connectivity index (χ2n) is 3.80. The second-order valence-corrected chi connectivity index (χ2v) is 3.80. The van der Waals surface area contributed by atoms with E-state index in [1.165, 1.54) is 0 Å². The average molecular weight is 178 g/mol. The SMILES string of the molecule is O=C=N[C@H]1C[C@H]2C[C@@H]1C[C@H]2N=C=O. The molecule has 2 fully saturated rings. The van der Waals surface area contributed by atoms with Crippen molar-refractivity contribution in [1.82, 2.24) is 0 Å². The van der Waals surface area contributed by atoms with Crippen molar-refractivity contribution < 1.29 is 9.59 Å². The van der Waals surface area contributed by atoms with Gasteiger partial charge in [-0.15, -0.1) is 0 Å². The normalized spacial score (nSPS) is 40.9. The molecule has 0 aromatic rings. The Morgan fingerprint density at radius 1 is 0.846 bits per heavy atom. The summed E-state index contributed by atoms with van der Waals surface area (Å²) < 4.78 is 0. The first kappa shape index (κ1) is 8.36. The minimum atomic E-state index is 0.139. The first-order chi connectivity index (χ1) is 6.35. The van der Waals surface area contributed by atoms with Gasteiger partial charge in [0.1, 0.15) is 0 Å². The van der Waals surface area contributed by atoms with Crippen LogP contribution in [0.5, 0.6) is 0 Å². The number of hydrogen-bond acceptors (Lipinski definition) is 4. The van der Waals surface area contributed by atoms with Crippen LogP contribution in [0.2, 0.25) is 0 Å². The van der Waals surface area contributed by atoms with E-state index in [9.17, 15) is 9.59 Å². The molecule has 0 aromatic heterocycles. The zero-order valence-electron chi connectivity index (χ0n) is 7.14. The third-order valence-electron chi connectivity index (χ3n) is 3.22. The van der Waals surface area contributed by atoms with E-state index in [0.717, 1.165) is 19.3 Å². The van der Waals surface area contributed by atoms with Crippen LogP contribution >= 0.6 is 0 Å². The number of rotatable bonds is 2. The van der Waals surface area contributed by atoms with Crippen molar-refractivity contribution in [3.8, 4) is 0 Å². The Balaban J connectivity index is 2.06. The molecule has 2 rings (SSSR count). The van der Waals surface area contributed by atoms with Gasteiger partial charge < -0.3 is 0 Å². The highest BCUT2D eigenvalue weighted by atomic mass is 16.1. The molecule has 0 heterocycles. The van der Waals surface area contributed by atoms with E-state index in [0.29, 0.717) is 11.8 Å². The molecule has 2 aliphatic rings. The fourth-order valence-electron chi connectivity index (χ4n) is 2.67. The monoisotopic (exact) mass is 178 g/mol. The van der Waals surface area contributed by atoms with Gasteiger partial charge >= 0.3 is 0 Å². The summed E-state index contributed by atoms with van der Waals surface area (Å²) in [4.78, 5) is 27.6. The maximum Gasteiger partial charge on any atom is 0.235 e. The molecule has 0 spiro atoms. The zero-order valence-corrected chi connectivity index (χ0v) is 7.14. The van der Waals surface area contributed by atoms with E-state index < -0.39 is 0 Å². The molecule has 0 aromatic carbocycles. The van der Waals surface area contributed by atoms with Crippen LogP contribution in [-0.4, -0.2) is 24.2 Å². The molecule has 0 unspecified atom stereocenters. The Morgan fingerprint density at radius 3 is 1.62 bits per heavy atom. The van der Waals surface area contributed by atoms with Crippen LogP contribution in [0.15, 0.2) is 9.98 Å². The average Bonchev–Trinajstić information content (AvgIpc) is 2.65. The lowest BCUT2D eigenvalue weighted by Crippen LogP contribution is -2.22. The van der Waals surface area contributed by atoms with Crippen LogP contribution < -0.4 is 0 Å². The molecule has 2 bridgehead atoms. The molecule has 0 amide bonds. The lowest BCUT2D eigenvalue weighted by Gasteiger charge is -2.20. The molecule has 2 aliphatic carbocycles. The van der Waals surface area contributed by atoms with Gasteiger partial charge in [0, 0.05) is 0 Å². The first-order valence-corrected chi connectivity index (χ1v) is 4.49.